The summed E-state index contributed by atoms with van der Waals surface area (Å²) in [5.74, 6) is -0.510. The molecule has 1 atom stereocenters. The molecule has 220 valence electrons. The normalized spacial score (nSPS) is 11.3. The lowest BCUT2D eigenvalue weighted by molar-refractivity contribution is 0.112. The van der Waals surface area contributed by atoms with E-state index in [1.807, 2.05) is 30.3 Å². The van der Waals surface area contributed by atoms with Crippen LogP contribution >= 0.6 is 11.6 Å². The van der Waals surface area contributed by atoms with Gasteiger partial charge in [0.15, 0.2) is 0 Å². The van der Waals surface area contributed by atoms with Crippen LogP contribution in [-0.2, 0) is 11.3 Å². The van der Waals surface area contributed by atoms with Gasteiger partial charge in [0.05, 0.1) is 17.7 Å². The Hall–Kier alpha value is -4.36. The van der Waals surface area contributed by atoms with Crippen LogP contribution < -0.4 is 21.3 Å². The fourth-order valence-corrected chi connectivity index (χ4v) is 3.89. The van der Waals surface area contributed by atoms with Crippen LogP contribution in [0.5, 0.6) is 0 Å². The molecular weight excluding hydrogens is 559 g/mol. The number of urea groups is 2. The van der Waals surface area contributed by atoms with Gasteiger partial charge in [-0.25, -0.2) is 18.8 Å². The molecule has 0 aliphatic carbocycles. The summed E-state index contributed by atoms with van der Waals surface area (Å²) in [6.45, 7) is 0.0160. The molecule has 14 heteroatoms. The van der Waals surface area contributed by atoms with Gasteiger partial charge < -0.3 is 35.2 Å². The summed E-state index contributed by atoms with van der Waals surface area (Å²) in [5.41, 5.74) is 1.74. The maximum absolute atomic E-state index is 13.7. The number of carbonyl (C=O) groups is 3. The van der Waals surface area contributed by atoms with Crippen molar-refractivity contribution in [3.8, 4) is 11.3 Å². The van der Waals surface area contributed by atoms with Crippen molar-refractivity contribution in [1.29, 1.82) is 0 Å². The van der Waals surface area contributed by atoms with Gasteiger partial charge in [0.25, 0.3) is 0 Å². The largest absolute Gasteiger partial charge is 0.447 e. The number of rotatable bonds is 13. The molecule has 0 bridgehead atoms. The Labute approximate surface area is 241 Å². The minimum Gasteiger partial charge on any atom is -0.447 e. The van der Waals surface area contributed by atoms with E-state index in [1.165, 1.54) is 24.1 Å². The van der Waals surface area contributed by atoms with Crippen LogP contribution in [0.2, 0.25) is 5.02 Å². The van der Waals surface area contributed by atoms with E-state index in [-0.39, 0.29) is 43.8 Å². The molecule has 0 aliphatic heterocycles. The van der Waals surface area contributed by atoms with Crippen molar-refractivity contribution in [3.63, 3.8) is 0 Å². The van der Waals surface area contributed by atoms with Crippen molar-refractivity contribution in [2.24, 2.45) is 0 Å². The summed E-state index contributed by atoms with van der Waals surface area (Å²) in [6, 6.07) is 13.6. The zero-order valence-electron chi connectivity index (χ0n) is 22.4. The number of carbonyl (C=O) groups excluding carboxylic acids is 3. The summed E-state index contributed by atoms with van der Waals surface area (Å²) in [6.07, 6.45) is -0.0101. The first-order valence-corrected chi connectivity index (χ1v) is 13.2. The Kier molecular flexibility index (Phi) is 12.2. The second-order valence-electron chi connectivity index (χ2n) is 8.85. The molecule has 0 saturated carbocycles. The maximum Gasteiger partial charge on any atom is 0.414 e. The van der Waals surface area contributed by atoms with Gasteiger partial charge in [-0.3, -0.25) is 5.32 Å². The van der Waals surface area contributed by atoms with E-state index in [0.29, 0.717) is 24.1 Å². The third-order valence-corrected chi connectivity index (χ3v) is 6.36. The molecule has 2 aromatic carbocycles. The highest BCUT2D eigenvalue weighted by Crippen LogP contribution is 2.22. The number of aliphatic hydroxyl groups is 1. The number of hydrogen-bond acceptors (Lipinski definition) is 7. The molecule has 3 rings (SSSR count). The zero-order chi connectivity index (χ0) is 29.6. The quantitative estimate of drug-likeness (QED) is 0.188. The third kappa shape index (κ3) is 9.96. The third-order valence-electron chi connectivity index (χ3n) is 5.94. The molecule has 0 unspecified atom stereocenters. The Bertz CT molecular complexity index is 1290. The van der Waals surface area contributed by atoms with Crippen molar-refractivity contribution in [2.75, 3.05) is 38.7 Å². The first-order valence-electron chi connectivity index (χ1n) is 12.8. The van der Waals surface area contributed by atoms with E-state index < -0.39 is 30.0 Å². The highest BCUT2D eigenvalue weighted by atomic mass is 35.5. The van der Waals surface area contributed by atoms with Crippen LogP contribution in [0.15, 0.2) is 59.1 Å². The second-order valence-corrected chi connectivity index (χ2v) is 9.23. The first-order chi connectivity index (χ1) is 19.8. The number of nitrogens with zero attached hydrogens (tertiary/aromatic N) is 2. The van der Waals surface area contributed by atoms with Crippen LogP contribution in [-0.4, -0.2) is 72.7 Å². The SMILES string of the molecule is CN(C(=O)NCc1cccc(F)c1Cl)[C@@H](CCCNC(=O)NCCO)COC(=O)Nc1cc(-c2ccccc2)no1. The summed E-state index contributed by atoms with van der Waals surface area (Å²) >= 11 is 5.98. The van der Waals surface area contributed by atoms with Gasteiger partial charge in [0.1, 0.15) is 18.1 Å². The lowest BCUT2D eigenvalue weighted by Gasteiger charge is -2.28. The van der Waals surface area contributed by atoms with E-state index in [2.05, 4.69) is 26.4 Å². The van der Waals surface area contributed by atoms with Crippen LogP contribution in [0, 0.1) is 5.82 Å². The molecule has 5 N–H and O–H groups in total. The van der Waals surface area contributed by atoms with Crippen LogP contribution in [0.4, 0.5) is 24.7 Å². The average molecular weight is 591 g/mol. The minimum absolute atomic E-state index is 0.0182. The van der Waals surface area contributed by atoms with Crippen molar-refractivity contribution < 1.29 is 33.1 Å². The summed E-state index contributed by atoms with van der Waals surface area (Å²) in [7, 11) is 1.53. The van der Waals surface area contributed by atoms with Gasteiger partial charge >= 0.3 is 18.2 Å². The number of anilines is 1. The number of ether oxygens (including phenoxy) is 1. The highest BCUT2D eigenvalue weighted by Gasteiger charge is 2.22. The lowest BCUT2D eigenvalue weighted by atomic mass is 10.1. The maximum atomic E-state index is 13.7. The number of halogens is 2. The molecule has 3 aromatic rings. The predicted octanol–water partition coefficient (Wildman–Crippen LogP) is 3.96. The van der Waals surface area contributed by atoms with Gasteiger partial charge in [0.2, 0.25) is 5.88 Å². The van der Waals surface area contributed by atoms with Gasteiger partial charge in [-0.05, 0) is 24.5 Å². The fourth-order valence-electron chi connectivity index (χ4n) is 3.69. The summed E-state index contributed by atoms with van der Waals surface area (Å²) in [5, 5.41) is 22.9. The summed E-state index contributed by atoms with van der Waals surface area (Å²) < 4.78 is 24.3. The monoisotopic (exact) mass is 590 g/mol. The molecule has 1 heterocycles. The molecular formula is C27H32ClFN6O6. The Morgan fingerprint density at radius 3 is 2.61 bits per heavy atom. The van der Waals surface area contributed by atoms with Crippen LogP contribution in [0.1, 0.15) is 18.4 Å². The molecule has 0 radical (unpaired) electrons. The minimum atomic E-state index is -0.812. The number of benzene rings is 2. The van der Waals surface area contributed by atoms with E-state index in [4.69, 9.17) is 26.0 Å². The molecule has 0 fully saturated rings. The zero-order valence-corrected chi connectivity index (χ0v) is 23.1. The van der Waals surface area contributed by atoms with Gasteiger partial charge in [-0.1, -0.05) is 59.2 Å². The molecule has 0 aliphatic rings. The number of nitrogens with one attached hydrogen (secondary N) is 4. The number of aromatic nitrogens is 1. The topological polar surface area (TPSA) is 158 Å². The van der Waals surface area contributed by atoms with E-state index >= 15 is 0 Å². The van der Waals surface area contributed by atoms with Crippen molar-refractivity contribution in [1.82, 2.24) is 26.0 Å². The van der Waals surface area contributed by atoms with Crippen molar-refractivity contribution >= 4 is 35.6 Å². The van der Waals surface area contributed by atoms with Crippen molar-refractivity contribution in [2.45, 2.75) is 25.4 Å². The second kappa shape index (κ2) is 16.0. The Morgan fingerprint density at radius 1 is 1.10 bits per heavy atom. The molecule has 12 nitrogen and oxygen atoms in total. The standard InChI is InChI=1S/C27H32ClFN6O6/c1-35(26(38)32-16-19-9-5-11-21(29)24(19)28)20(10-6-12-30-25(37)31-13-14-36)17-40-27(39)33-23-15-22(34-41-23)18-7-3-2-4-8-18/h2-5,7-9,11,15,20,36H,6,10,12-14,16-17H2,1H3,(H,32,38)(H,33,39)(H2,30,31,37)/t20-/m0/s1. The fraction of sp³-hybridized carbons (Fsp3) is 0.333. The highest BCUT2D eigenvalue weighted by molar-refractivity contribution is 6.31. The van der Waals surface area contributed by atoms with E-state index in [1.54, 1.807) is 12.1 Å². The lowest BCUT2D eigenvalue weighted by Crippen LogP contribution is -2.46. The number of amides is 5. The van der Waals surface area contributed by atoms with E-state index in [9.17, 15) is 18.8 Å². The van der Waals surface area contributed by atoms with E-state index in [0.717, 1.165) is 5.56 Å². The van der Waals surface area contributed by atoms with Gasteiger partial charge in [-0.2, -0.15) is 0 Å². The van der Waals surface area contributed by atoms with Gasteiger partial charge in [0, 0.05) is 38.3 Å². The number of likely N-dealkylation sites (N-methyl/N-ethyl adjacent to an activating group) is 1. The molecule has 1 aromatic heterocycles. The molecule has 0 saturated heterocycles. The predicted molar refractivity (Wildman–Crippen MR) is 150 cm³/mol. The molecule has 41 heavy (non-hydrogen) atoms. The first kappa shape index (κ1) is 31.2. The smallest absolute Gasteiger partial charge is 0.414 e. The van der Waals surface area contributed by atoms with Gasteiger partial charge in [-0.15, -0.1) is 0 Å². The van der Waals surface area contributed by atoms with Crippen LogP contribution in [0.25, 0.3) is 11.3 Å². The summed E-state index contributed by atoms with van der Waals surface area (Å²) in [4.78, 5) is 38.4. The molecule has 0 spiro atoms. The Balaban J connectivity index is 1.56. The Morgan fingerprint density at radius 2 is 1.85 bits per heavy atom. The van der Waals surface area contributed by atoms with Crippen molar-refractivity contribution in [3.05, 3.63) is 71.0 Å². The number of aliphatic hydroxyl groups excluding tert-OH is 1. The van der Waals surface area contributed by atoms with Crippen LogP contribution in [0.3, 0.4) is 0 Å². The number of hydrogen-bond donors (Lipinski definition) is 5. The molecule has 5 amide bonds. The average Bonchev–Trinajstić information content (AvgIpc) is 3.44.